The van der Waals surface area contributed by atoms with Gasteiger partial charge in [0.1, 0.15) is 17.5 Å². The van der Waals surface area contributed by atoms with E-state index in [1.54, 1.807) is 6.20 Å². The second-order valence-electron chi connectivity index (χ2n) is 7.33. The number of amides is 1. The lowest BCUT2D eigenvalue weighted by molar-refractivity contribution is -0.121. The summed E-state index contributed by atoms with van der Waals surface area (Å²) in [4.78, 5) is 28.2. The Kier molecular flexibility index (Phi) is 5.16. The second kappa shape index (κ2) is 7.90. The first-order valence-corrected chi connectivity index (χ1v) is 9.55. The van der Waals surface area contributed by atoms with Crippen LogP contribution in [0.25, 0.3) is 10.9 Å². The molecule has 1 unspecified atom stereocenters. The molecule has 1 atom stereocenters. The maximum absolute atomic E-state index is 12.7. The van der Waals surface area contributed by atoms with Gasteiger partial charge in [0.25, 0.3) is 0 Å². The van der Waals surface area contributed by atoms with E-state index in [0.717, 1.165) is 35.9 Å². The number of aryl methyl sites for hydroxylation is 1. The van der Waals surface area contributed by atoms with Crippen molar-refractivity contribution in [2.75, 3.05) is 24.1 Å². The number of piperidine rings is 1. The molecule has 0 spiro atoms. The molecule has 7 heteroatoms. The molecule has 3 N–H and O–H groups in total. The molecule has 1 fully saturated rings. The number of hydrogen-bond donors (Lipinski definition) is 2. The third kappa shape index (κ3) is 4.09. The van der Waals surface area contributed by atoms with Crippen LogP contribution in [0.4, 0.5) is 11.6 Å². The number of hydrogen-bond acceptors (Lipinski definition) is 6. The van der Waals surface area contributed by atoms with E-state index in [2.05, 4.69) is 25.2 Å². The van der Waals surface area contributed by atoms with E-state index in [0.29, 0.717) is 30.5 Å². The molecule has 3 aromatic rings. The molecule has 1 aliphatic heterocycles. The van der Waals surface area contributed by atoms with Crippen LogP contribution in [0.3, 0.4) is 0 Å². The van der Waals surface area contributed by atoms with Crippen molar-refractivity contribution in [1.29, 1.82) is 0 Å². The molecule has 144 valence electrons. The van der Waals surface area contributed by atoms with Crippen molar-refractivity contribution in [3.63, 3.8) is 0 Å². The van der Waals surface area contributed by atoms with Gasteiger partial charge in [-0.1, -0.05) is 18.2 Å². The highest BCUT2D eigenvalue weighted by molar-refractivity contribution is 5.92. The topological polar surface area (TPSA) is 97.0 Å². The minimum atomic E-state index is -0.0744. The maximum atomic E-state index is 12.7. The first kappa shape index (κ1) is 18.3. The van der Waals surface area contributed by atoms with Crippen molar-refractivity contribution in [2.24, 2.45) is 5.92 Å². The standard InChI is InChI=1S/C21H24N6O/c1-14-8-9-18(23-11-14)26-21(28)15-5-4-10-27(12-15)13-19-24-17-7-3-2-6-16(17)20(22)25-19/h2-3,6-9,11,15H,4-5,10,12-13H2,1H3,(H2,22,24,25)(H,23,26,28). The predicted molar refractivity (Wildman–Crippen MR) is 110 cm³/mol. The van der Waals surface area contributed by atoms with Gasteiger partial charge in [0.2, 0.25) is 5.91 Å². The van der Waals surface area contributed by atoms with Crippen molar-refractivity contribution in [2.45, 2.75) is 26.3 Å². The Bertz CT molecular complexity index is 988. The summed E-state index contributed by atoms with van der Waals surface area (Å²) in [5.74, 6) is 1.72. The van der Waals surface area contributed by atoms with Gasteiger partial charge >= 0.3 is 0 Å². The van der Waals surface area contributed by atoms with Gasteiger partial charge in [-0.2, -0.15) is 0 Å². The lowest BCUT2D eigenvalue weighted by Gasteiger charge is -2.31. The van der Waals surface area contributed by atoms with Gasteiger partial charge in [0, 0.05) is 18.1 Å². The van der Waals surface area contributed by atoms with Crippen molar-refractivity contribution in [3.8, 4) is 0 Å². The number of nitrogen functional groups attached to an aromatic ring is 1. The zero-order chi connectivity index (χ0) is 19.5. The largest absolute Gasteiger partial charge is 0.383 e. The fraction of sp³-hybridized carbons (Fsp3) is 0.333. The average molecular weight is 376 g/mol. The van der Waals surface area contributed by atoms with Crippen LogP contribution in [-0.4, -0.2) is 38.8 Å². The molecule has 4 rings (SSSR count). The van der Waals surface area contributed by atoms with E-state index in [1.807, 2.05) is 43.3 Å². The van der Waals surface area contributed by atoms with E-state index in [1.165, 1.54) is 0 Å². The Morgan fingerprint density at radius 3 is 2.93 bits per heavy atom. The summed E-state index contributed by atoms with van der Waals surface area (Å²) < 4.78 is 0. The van der Waals surface area contributed by atoms with Crippen LogP contribution in [0.2, 0.25) is 0 Å². The summed E-state index contributed by atoms with van der Waals surface area (Å²) in [6.45, 7) is 4.15. The van der Waals surface area contributed by atoms with Crippen LogP contribution >= 0.6 is 0 Å². The molecule has 3 heterocycles. The maximum Gasteiger partial charge on any atom is 0.229 e. The molecule has 7 nitrogen and oxygen atoms in total. The third-order valence-corrected chi connectivity index (χ3v) is 5.08. The van der Waals surface area contributed by atoms with Gasteiger partial charge in [0.05, 0.1) is 18.0 Å². The number of carbonyl (C=O) groups excluding carboxylic acids is 1. The van der Waals surface area contributed by atoms with Crippen molar-refractivity contribution >= 4 is 28.4 Å². The number of rotatable bonds is 4. The average Bonchev–Trinajstić information content (AvgIpc) is 2.70. The highest BCUT2D eigenvalue weighted by Crippen LogP contribution is 2.22. The molecule has 28 heavy (non-hydrogen) atoms. The fourth-order valence-corrected chi connectivity index (χ4v) is 3.60. The van der Waals surface area contributed by atoms with Gasteiger partial charge in [-0.05, 0) is 50.1 Å². The number of nitrogens with one attached hydrogen (secondary N) is 1. The van der Waals surface area contributed by atoms with Gasteiger partial charge in [0.15, 0.2) is 0 Å². The summed E-state index contributed by atoms with van der Waals surface area (Å²) >= 11 is 0. The zero-order valence-corrected chi connectivity index (χ0v) is 15.9. The van der Waals surface area contributed by atoms with E-state index in [4.69, 9.17) is 5.73 Å². The Morgan fingerprint density at radius 2 is 2.11 bits per heavy atom. The Hall–Kier alpha value is -3.06. The van der Waals surface area contributed by atoms with E-state index < -0.39 is 0 Å². The van der Waals surface area contributed by atoms with Gasteiger partial charge in [-0.15, -0.1) is 0 Å². The number of nitrogens with zero attached hydrogens (tertiary/aromatic N) is 4. The third-order valence-electron chi connectivity index (χ3n) is 5.08. The molecule has 2 aromatic heterocycles. The molecule has 1 aliphatic rings. The number of fused-ring (bicyclic) bond motifs is 1. The number of anilines is 2. The van der Waals surface area contributed by atoms with Crippen LogP contribution in [-0.2, 0) is 11.3 Å². The van der Waals surface area contributed by atoms with Crippen molar-refractivity contribution in [1.82, 2.24) is 19.9 Å². The number of pyridine rings is 1. The minimum absolute atomic E-state index is 0.0139. The molecule has 0 aliphatic carbocycles. The van der Waals surface area contributed by atoms with E-state index >= 15 is 0 Å². The normalized spacial score (nSPS) is 17.5. The SMILES string of the molecule is Cc1ccc(NC(=O)C2CCCN(Cc3nc(N)c4ccccc4n3)C2)nc1. The minimum Gasteiger partial charge on any atom is -0.383 e. The highest BCUT2D eigenvalue weighted by Gasteiger charge is 2.26. The lowest BCUT2D eigenvalue weighted by atomic mass is 9.97. The Labute approximate surface area is 164 Å². The number of carbonyl (C=O) groups is 1. The van der Waals surface area contributed by atoms with Crippen LogP contribution in [0.15, 0.2) is 42.6 Å². The first-order chi connectivity index (χ1) is 13.6. The number of aromatic nitrogens is 3. The summed E-state index contributed by atoms with van der Waals surface area (Å²) in [5.41, 5.74) is 8.01. The smallest absolute Gasteiger partial charge is 0.229 e. The molecular formula is C21H24N6O. The Morgan fingerprint density at radius 1 is 1.25 bits per heavy atom. The molecule has 1 amide bonds. The quantitative estimate of drug-likeness (QED) is 0.727. The number of para-hydroxylation sites is 1. The van der Waals surface area contributed by atoms with Crippen molar-refractivity contribution < 1.29 is 4.79 Å². The summed E-state index contributed by atoms with van der Waals surface area (Å²) in [5, 5.41) is 3.80. The van der Waals surface area contributed by atoms with Crippen LogP contribution in [0.5, 0.6) is 0 Å². The van der Waals surface area contributed by atoms with Crippen molar-refractivity contribution in [3.05, 3.63) is 54.0 Å². The number of nitrogens with two attached hydrogens (primary N) is 1. The van der Waals surface area contributed by atoms with E-state index in [9.17, 15) is 4.79 Å². The monoisotopic (exact) mass is 376 g/mol. The lowest BCUT2D eigenvalue weighted by Crippen LogP contribution is -2.40. The molecule has 0 saturated carbocycles. The molecular weight excluding hydrogens is 352 g/mol. The van der Waals surface area contributed by atoms with Crippen LogP contribution < -0.4 is 11.1 Å². The van der Waals surface area contributed by atoms with Gasteiger partial charge in [-0.25, -0.2) is 15.0 Å². The first-order valence-electron chi connectivity index (χ1n) is 9.55. The highest BCUT2D eigenvalue weighted by atomic mass is 16.2. The van der Waals surface area contributed by atoms with Gasteiger partial charge < -0.3 is 11.1 Å². The second-order valence-corrected chi connectivity index (χ2v) is 7.33. The molecule has 1 saturated heterocycles. The zero-order valence-electron chi connectivity index (χ0n) is 15.9. The molecule has 1 aromatic carbocycles. The predicted octanol–water partition coefficient (Wildman–Crippen LogP) is 2.77. The molecule has 0 bridgehead atoms. The number of likely N-dealkylation sites (tertiary alicyclic amines) is 1. The fourth-order valence-electron chi connectivity index (χ4n) is 3.60. The van der Waals surface area contributed by atoms with E-state index in [-0.39, 0.29) is 11.8 Å². The number of benzene rings is 1. The summed E-state index contributed by atoms with van der Waals surface area (Å²) in [6, 6.07) is 11.5. The summed E-state index contributed by atoms with van der Waals surface area (Å²) in [7, 11) is 0. The van der Waals surface area contributed by atoms with Gasteiger partial charge in [-0.3, -0.25) is 9.69 Å². The summed E-state index contributed by atoms with van der Waals surface area (Å²) in [6.07, 6.45) is 3.58. The Balaban J connectivity index is 1.42. The molecule has 0 radical (unpaired) electrons. The van der Waals surface area contributed by atoms with Crippen LogP contribution in [0, 0.1) is 12.8 Å². The van der Waals surface area contributed by atoms with Crippen LogP contribution in [0.1, 0.15) is 24.2 Å².